The quantitative estimate of drug-likeness (QED) is 0.477. The molecule has 0 heterocycles. The second-order valence-corrected chi connectivity index (χ2v) is 4.65. The monoisotopic (exact) mass is 174 g/mol. The van der Waals surface area contributed by atoms with Gasteiger partial charge in [0.1, 0.15) is 0 Å². The Bertz CT molecular complexity index is 52.2. The van der Waals surface area contributed by atoms with Crippen LogP contribution in [0.3, 0.4) is 0 Å². The van der Waals surface area contributed by atoms with Crippen molar-refractivity contribution in [1.82, 2.24) is 0 Å². The van der Waals surface area contributed by atoms with E-state index in [1.165, 1.54) is 6.42 Å². The minimum Gasteiger partial charge on any atom is -0.0683 e. The van der Waals surface area contributed by atoms with Crippen LogP contribution in [0.5, 0.6) is 0 Å². The molecule has 0 heteroatoms. The third kappa shape index (κ3) is 90.0. The fourth-order valence-corrected chi connectivity index (χ4v) is 0. The molecule has 78 valence electrons. The van der Waals surface area contributed by atoms with Crippen molar-refractivity contribution in [1.29, 1.82) is 0 Å². The van der Waals surface area contributed by atoms with Crippen molar-refractivity contribution in [2.24, 2.45) is 11.3 Å². The Morgan fingerprint density at radius 3 is 1.00 bits per heavy atom. The SMILES string of the molecule is CC.CC(C)C.CCC(C)(C)C. The highest BCUT2D eigenvalue weighted by Crippen LogP contribution is 2.16. The molecule has 0 atom stereocenters. The van der Waals surface area contributed by atoms with Crippen molar-refractivity contribution in [3.63, 3.8) is 0 Å². The molecule has 0 bridgehead atoms. The van der Waals surface area contributed by atoms with Gasteiger partial charge in [0.05, 0.1) is 0 Å². The lowest BCUT2D eigenvalue weighted by Gasteiger charge is -2.12. The van der Waals surface area contributed by atoms with Gasteiger partial charge in [0.25, 0.3) is 0 Å². The zero-order valence-corrected chi connectivity index (χ0v) is 10.8. The van der Waals surface area contributed by atoms with E-state index in [2.05, 4.69) is 48.5 Å². The summed E-state index contributed by atoms with van der Waals surface area (Å²) in [7, 11) is 0. The van der Waals surface area contributed by atoms with Gasteiger partial charge in [-0.3, -0.25) is 0 Å². The van der Waals surface area contributed by atoms with Crippen molar-refractivity contribution in [2.45, 2.75) is 68.7 Å². The van der Waals surface area contributed by atoms with Gasteiger partial charge in [-0.2, -0.15) is 0 Å². The topological polar surface area (TPSA) is 0 Å². The van der Waals surface area contributed by atoms with E-state index in [1.54, 1.807) is 0 Å². The zero-order valence-electron chi connectivity index (χ0n) is 10.8. The molecular weight excluding hydrogens is 144 g/mol. The van der Waals surface area contributed by atoms with E-state index < -0.39 is 0 Å². The summed E-state index contributed by atoms with van der Waals surface area (Å²) < 4.78 is 0. The van der Waals surface area contributed by atoms with Crippen molar-refractivity contribution >= 4 is 0 Å². The fraction of sp³-hybridized carbons (Fsp3) is 1.00. The van der Waals surface area contributed by atoms with Gasteiger partial charge in [0, 0.05) is 0 Å². The van der Waals surface area contributed by atoms with Crippen LogP contribution in [0.25, 0.3) is 0 Å². The Kier molecular flexibility index (Phi) is 16.4. The molecule has 0 rings (SSSR count). The van der Waals surface area contributed by atoms with Crippen molar-refractivity contribution < 1.29 is 0 Å². The van der Waals surface area contributed by atoms with Gasteiger partial charge in [-0.05, 0) is 11.3 Å². The van der Waals surface area contributed by atoms with Crippen LogP contribution in [0.15, 0.2) is 0 Å². The maximum atomic E-state index is 2.24. The summed E-state index contributed by atoms with van der Waals surface area (Å²) in [6.45, 7) is 19.4. The van der Waals surface area contributed by atoms with Gasteiger partial charge >= 0.3 is 0 Å². The normalized spacial score (nSPS) is 9.50. The lowest BCUT2D eigenvalue weighted by atomic mass is 9.94. The van der Waals surface area contributed by atoms with E-state index in [0.29, 0.717) is 5.41 Å². The number of rotatable bonds is 0. The first-order valence-corrected chi connectivity index (χ1v) is 5.29. The molecule has 0 unspecified atom stereocenters. The summed E-state index contributed by atoms with van der Waals surface area (Å²) in [5, 5.41) is 0. The van der Waals surface area contributed by atoms with Crippen LogP contribution in [0.2, 0.25) is 0 Å². The van der Waals surface area contributed by atoms with E-state index in [9.17, 15) is 0 Å². The van der Waals surface area contributed by atoms with E-state index in [1.807, 2.05) is 13.8 Å². The molecule has 0 saturated heterocycles. The Morgan fingerprint density at radius 1 is 0.917 bits per heavy atom. The van der Waals surface area contributed by atoms with Crippen LogP contribution < -0.4 is 0 Å². The van der Waals surface area contributed by atoms with E-state index in [4.69, 9.17) is 0 Å². The molecule has 0 aliphatic heterocycles. The van der Waals surface area contributed by atoms with Crippen molar-refractivity contribution in [3.05, 3.63) is 0 Å². The first-order valence-electron chi connectivity index (χ1n) is 5.29. The highest BCUT2D eigenvalue weighted by atomic mass is 14.1. The third-order valence-corrected chi connectivity index (χ3v) is 1.06. The molecule has 0 N–H and O–H groups in total. The smallest absolute Gasteiger partial charge is 0.0385 e. The molecule has 0 amide bonds. The van der Waals surface area contributed by atoms with Gasteiger partial charge in [-0.25, -0.2) is 0 Å². The molecular formula is C12H30. The van der Waals surface area contributed by atoms with Crippen LogP contribution in [0, 0.1) is 11.3 Å². The first-order chi connectivity index (χ1) is 5.29. The lowest BCUT2D eigenvalue weighted by Crippen LogP contribution is -2.00. The van der Waals surface area contributed by atoms with Crippen molar-refractivity contribution in [2.75, 3.05) is 0 Å². The number of hydrogen-bond donors (Lipinski definition) is 0. The summed E-state index contributed by atoms with van der Waals surface area (Å²) >= 11 is 0. The fourth-order valence-electron chi connectivity index (χ4n) is 0. The van der Waals surface area contributed by atoms with Crippen LogP contribution >= 0.6 is 0 Å². The second-order valence-electron chi connectivity index (χ2n) is 4.65. The highest BCUT2D eigenvalue weighted by Gasteiger charge is 2.03. The Morgan fingerprint density at radius 2 is 1.00 bits per heavy atom. The van der Waals surface area contributed by atoms with Crippen LogP contribution in [-0.4, -0.2) is 0 Å². The van der Waals surface area contributed by atoms with Crippen LogP contribution in [-0.2, 0) is 0 Å². The molecule has 0 aromatic carbocycles. The molecule has 0 aromatic rings. The van der Waals surface area contributed by atoms with E-state index in [-0.39, 0.29) is 0 Å². The highest BCUT2D eigenvalue weighted by molar-refractivity contribution is 4.55. The molecule has 0 aromatic heterocycles. The molecule has 0 aliphatic rings. The summed E-state index contributed by atoms with van der Waals surface area (Å²) in [4.78, 5) is 0. The minimum atomic E-state index is 0.542. The molecule has 12 heavy (non-hydrogen) atoms. The maximum Gasteiger partial charge on any atom is -0.0385 e. The average Bonchev–Trinajstić information content (AvgIpc) is 1.90. The molecule has 0 nitrogen and oxygen atoms in total. The molecule has 0 radical (unpaired) electrons. The summed E-state index contributed by atoms with van der Waals surface area (Å²) in [5.41, 5.74) is 0.542. The minimum absolute atomic E-state index is 0.542. The molecule has 0 fully saturated rings. The van der Waals surface area contributed by atoms with E-state index in [0.717, 1.165) is 5.92 Å². The van der Waals surface area contributed by atoms with Gasteiger partial charge in [0.2, 0.25) is 0 Å². The summed E-state index contributed by atoms with van der Waals surface area (Å²) in [6.07, 6.45) is 1.27. The summed E-state index contributed by atoms with van der Waals surface area (Å²) in [6, 6.07) is 0. The van der Waals surface area contributed by atoms with E-state index >= 15 is 0 Å². The standard InChI is InChI=1S/C6H14.C4H10.C2H6/c1-5-6(2,3)4;1-4(2)3;1-2/h5H2,1-4H3;4H,1-3H3;1-2H3. The Labute approximate surface area is 80.8 Å². The van der Waals surface area contributed by atoms with Gasteiger partial charge in [-0.1, -0.05) is 68.7 Å². The molecule has 0 spiro atoms. The van der Waals surface area contributed by atoms with Gasteiger partial charge in [0.15, 0.2) is 0 Å². The van der Waals surface area contributed by atoms with Crippen LogP contribution in [0.4, 0.5) is 0 Å². The lowest BCUT2D eigenvalue weighted by molar-refractivity contribution is 0.398. The van der Waals surface area contributed by atoms with Crippen molar-refractivity contribution in [3.8, 4) is 0 Å². The average molecular weight is 174 g/mol. The second kappa shape index (κ2) is 11.0. The Hall–Kier alpha value is 0. The largest absolute Gasteiger partial charge is 0.0683 e. The third-order valence-electron chi connectivity index (χ3n) is 1.06. The van der Waals surface area contributed by atoms with Crippen LogP contribution in [0.1, 0.15) is 68.7 Å². The predicted octanol–water partition coefficient (Wildman–Crippen LogP) is 5.13. The number of hydrogen-bond acceptors (Lipinski definition) is 0. The zero-order chi connectivity index (χ0) is 10.8. The molecule has 0 aliphatic carbocycles. The van der Waals surface area contributed by atoms with Gasteiger partial charge in [-0.15, -0.1) is 0 Å². The maximum absolute atomic E-state index is 2.24. The Balaban J connectivity index is -0.000000118. The molecule has 0 saturated carbocycles. The first kappa shape index (κ1) is 17.9. The summed E-state index contributed by atoms with van der Waals surface area (Å²) in [5.74, 6) is 0.833. The predicted molar refractivity (Wildman–Crippen MR) is 61.6 cm³/mol. The van der Waals surface area contributed by atoms with Gasteiger partial charge < -0.3 is 0 Å².